The van der Waals surface area contributed by atoms with Crippen molar-refractivity contribution in [2.24, 2.45) is 0 Å². The number of benzene rings is 2. The number of hydrogen-bond donors (Lipinski definition) is 4. The van der Waals surface area contributed by atoms with Crippen molar-refractivity contribution in [3.05, 3.63) is 84.1 Å². The predicted molar refractivity (Wildman–Crippen MR) is 137 cm³/mol. The summed E-state index contributed by atoms with van der Waals surface area (Å²) in [5.74, 6) is -0.500. The Bertz CT molecular complexity index is 1190. The Balaban J connectivity index is 1.78. The van der Waals surface area contributed by atoms with Crippen molar-refractivity contribution in [1.82, 2.24) is 10.3 Å². The van der Waals surface area contributed by atoms with E-state index < -0.39 is 5.97 Å². The molecule has 1 aromatic heterocycles. The van der Waals surface area contributed by atoms with Crippen LogP contribution in [-0.4, -0.2) is 36.0 Å². The van der Waals surface area contributed by atoms with Gasteiger partial charge in [0, 0.05) is 36.3 Å². The largest absolute Gasteiger partial charge is 0.463 e. The number of carbonyl (C=O) groups is 3. The van der Waals surface area contributed by atoms with E-state index in [-0.39, 0.29) is 11.9 Å². The number of nitrogens with one attached hydrogen (secondary N) is 4. The number of amides is 3. The SMILES string of the molecule is CCNC(=O)Nc1cc(Nc2ccccc2)c(C(=O)Nc2ccc(C=CC(=O)OCC)cc2)cn1. The highest BCUT2D eigenvalue weighted by atomic mass is 16.5. The lowest BCUT2D eigenvalue weighted by molar-refractivity contribution is -0.137. The molecule has 2 aromatic carbocycles. The van der Waals surface area contributed by atoms with Crippen molar-refractivity contribution < 1.29 is 19.1 Å². The van der Waals surface area contributed by atoms with Crippen LogP contribution in [0, 0.1) is 0 Å². The van der Waals surface area contributed by atoms with E-state index in [0.29, 0.717) is 35.9 Å². The fraction of sp³-hybridized carbons (Fsp3) is 0.154. The van der Waals surface area contributed by atoms with Gasteiger partial charge in [0.15, 0.2) is 0 Å². The molecule has 0 bridgehead atoms. The van der Waals surface area contributed by atoms with Crippen molar-refractivity contribution in [3.63, 3.8) is 0 Å². The third-order valence-corrected chi connectivity index (χ3v) is 4.65. The summed E-state index contributed by atoms with van der Waals surface area (Å²) in [5, 5.41) is 11.3. The zero-order valence-corrected chi connectivity index (χ0v) is 19.5. The summed E-state index contributed by atoms with van der Waals surface area (Å²) in [6.45, 7) is 4.34. The fourth-order valence-corrected chi connectivity index (χ4v) is 3.04. The Morgan fingerprint density at radius 3 is 2.37 bits per heavy atom. The summed E-state index contributed by atoms with van der Waals surface area (Å²) in [4.78, 5) is 40.6. The summed E-state index contributed by atoms with van der Waals surface area (Å²) in [7, 11) is 0. The molecule has 180 valence electrons. The minimum Gasteiger partial charge on any atom is -0.463 e. The number of para-hydroxylation sites is 1. The van der Waals surface area contributed by atoms with Gasteiger partial charge in [-0.2, -0.15) is 0 Å². The van der Waals surface area contributed by atoms with Crippen LogP contribution < -0.4 is 21.3 Å². The first kappa shape index (κ1) is 25.0. The summed E-state index contributed by atoms with van der Waals surface area (Å²) in [6, 6.07) is 17.6. The standard InChI is InChI=1S/C26H27N5O4/c1-3-27-26(34)31-23-16-22(29-19-8-6-5-7-9-19)21(17-28-23)25(33)30-20-13-10-18(11-14-20)12-15-24(32)35-4-2/h5-17H,3-4H2,1-2H3,(H,30,33)(H3,27,28,29,31,34). The zero-order valence-electron chi connectivity index (χ0n) is 19.5. The van der Waals surface area contributed by atoms with Gasteiger partial charge in [-0.05, 0) is 49.8 Å². The second-order valence-corrected chi connectivity index (χ2v) is 7.25. The molecule has 0 aliphatic heterocycles. The molecule has 0 aliphatic rings. The van der Waals surface area contributed by atoms with Gasteiger partial charge in [-0.3, -0.25) is 10.1 Å². The van der Waals surface area contributed by atoms with E-state index in [1.807, 2.05) is 37.3 Å². The number of anilines is 4. The first-order valence-electron chi connectivity index (χ1n) is 11.1. The summed E-state index contributed by atoms with van der Waals surface area (Å²) < 4.78 is 4.86. The van der Waals surface area contributed by atoms with Crippen molar-refractivity contribution in [2.45, 2.75) is 13.8 Å². The van der Waals surface area contributed by atoms with Crippen LogP contribution in [0.5, 0.6) is 0 Å². The van der Waals surface area contributed by atoms with Gasteiger partial charge < -0.3 is 20.7 Å². The summed E-state index contributed by atoms with van der Waals surface area (Å²) in [6.07, 6.45) is 4.38. The van der Waals surface area contributed by atoms with E-state index in [1.54, 1.807) is 43.3 Å². The molecule has 3 aromatic rings. The maximum atomic E-state index is 13.1. The average molecular weight is 474 g/mol. The van der Waals surface area contributed by atoms with E-state index in [1.165, 1.54) is 12.3 Å². The van der Waals surface area contributed by atoms with Crippen LogP contribution in [0.1, 0.15) is 29.8 Å². The van der Waals surface area contributed by atoms with Crippen LogP contribution in [0.25, 0.3) is 6.08 Å². The molecule has 9 heteroatoms. The number of nitrogens with zero attached hydrogens (tertiary/aromatic N) is 1. The van der Waals surface area contributed by atoms with Crippen LogP contribution in [0.2, 0.25) is 0 Å². The number of esters is 1. The molecule has 9 nitrogen and oxygen atoms in total. The van der Waals surface area contributed by atoms with Crippen LogP contribution >= 0.6 is 0 Å². The van der Waals surface area contributed by atoms with Crippen LogP contribution in [0.15, 0.2) is 72.9 Å². The van der Waals surface area contributed by atoms with E-state index in [2.05, 4.69) is 26.3 Å². The van der Waals surface area contributed by atoms with Crippen molar-refractivity contribution in [1.29, 1.82) is 0 Å². The Morgan fingerprint density at radius 1 is 0.943 bits per heavy atom. The lowest BCUT2D eigenvalue weighted by Crippen LogP contribution is -2.28. The molecule has 1 heterocycles. The highest BCUT2D eigenvalue weighted by Gasteiger charge is 2.15. The first-order chi connectivity index (χ1) is 17.0. The van der Waals surface area contributed by atoms with Gasteiger partial charge in [-0.15, -0.1) is 0 Å². The third-order valence-electron chi connectivity index (χ3n) is 4.65. The van der Waals surface area contributed by atoms with E-state index in [4.69, 9.17) is 4.74 Å². The van der Waals surface area contributed by atoms with E-state index in [9.17, 15) is 14.4 Å². The number of pyridine rings is 1. The second kappa shape index (κ2) is 12.5. The Hall–Kier alpha value is -4.66. The van der Waals surface area contributed by atoms with Crippen LogP contribution in [-0.2, 0) is 9.53 Å². The smallest absolute Gasteiger partial charge is 0.330 e. The van der Waals surface area contributed by atoms with Crippen molar-refractivity contribution >= 4 is 46.9 Å². The lowest BCUT2D eigenvalue weighted by Gasteiger charge is -2.14. The molecular weight excluding hydrogens is 446 g/mol. The number of carbonyl (C=O) groups excluding carboxylic acids is 3. The molecule has 4 N–H and O–H groups in total. The van der Waals surface area contributed by atoms with Gasteiger partial charge in [0.25, 0.3) is 5.91 Å². The molecule has 0 saturated carbocycles. The molecule has 0 saturated heterocycles. The first-order valence-corrected chi connectivity index (χ1v) is 11.1. The summed E-state index contributed by atoms with van der Waals surface area (Å²) >= 11 is 0. The third kappa shape index (κ3) is 7.71. The van der Waals surface area contributed by atoms with Crippen LogP contribution in [0.3, 0.4) is 0 Å². The van der Waals surface area contributed by atoms with E-state index in [0.717, 1.165) is 11.3 Å². The van der Waals surface area contributed by atoms with Crippen molar-refractivity contribution in [3.8, 4) is 0 Å². The fourth-order valence-electron chi connectivity index (χ4n) is 3.04. The molecule has 35 heavy (non-hydrogen) atoms. The molecule has 0 fully saturated rings. The molecule has 0 spiro atoms. The average Bonchev–Trinajstić information content (AvgIpc) is 2.85. The van der Waals surface area contributed by atoms with Gasteiger partial charge in [0.05, 0.1) is 17.9 Å². The molecule has 0 radical (unpaired) electrons. The molecule has 0 unspecified atom stereocenters. The predicted octanol–water partition coefficient (Wildman–Crippen LogP) is 4.80. The maximum Gasteiger partial charge on any atom is 0.330 e. The molecule has 3 rings (SSSR count). The minimum absolute atomic E-state index is 0.293. The monoisotopic (exact) mass is 473 g/mol. The number of urea groups is 1. The molecule has 0 atom stereocenters. The Kier molecular flexibility index (Phi) is 8.95. The normalized spacial score (nSPS) is 10.5. The number of aromatic nitrogens is 1. The molecule has 0 aliphatic carbocycles. The Morgan fingerprint density at radius 2 is 1.69 bits per heavy atom. The summed E-state index contributed by atoms with van der Waals surface area (Å²) in [5.41, 5.74) is 2.89. The maximum absolute atomic E-state index is 13.1. The Labute approximate surface area is 203 Å². The highest BCUT2D eigenvalue weighted by molar-refractivity contribution is 6.08. The number of rotatable bonds is 9. The van der Waals surface area contributed by atoms with Crippen LogP contribution in [0.4, 0.5) is 27.7 Å². The van der Waals surface area contributed by atoms with Gasteiger partial charge >= 0.3 is 12.0 Å². The van der Waals surface area contributed by atoms with E-state index >= 15 is 0 Å². The number of ether oxygens (including phenoxy) is 1. The molecule has 3 amide bonds. The topological polar surface area (TPSA) is 121 Å². The highest BCUT2D eigenvalue weighted by Crippen LogP contribution is 2.24. The van der Waals surface area contributed by atoms with Gasteiger partial charge in [0.1, 0.15) is 5.82 Å². The van der Waals surface area contributed by atoms with Gasteiger partial charge in [-0.25, -0.2) is 14.6 Å². The van der Waals surface area contributed by atoms with Crippen molar-refractivity contribution in [2.75, 3.05) is 29.1 Å². The molecular formula is C26H27N5O4. The quantitative estimate of drug-likeness (QED) is 0.262. The van der Waals surface area contributed by atoms with Gasteiger partial charge in [0.2, 0.25) is 0 Å². The van der Waals surface area contributed by atoms with Gasteiger partial charge in [-0.1, -0.05) is 30.3 Å². The minimum atomic E-state index is -0.416. The number of hydrogen-bond acceptors (Lipinski definition) is 6. The second-order valence-electron chi connectivity index (χ2n) is 7.25. The lowest BCUT2D eigenvalue weighted by atomic mass is 10.1. The zero-order chi connectivity index (χ0) is 25.0.